The fourth-order valence-electron chi connectivity index (χ4n) is 5.37. The quantitative estimate of drug-likeness (QED) is 0.0237. The van der Waals surface area contributed by atoms with Crippen LogP contribution >= 0.6 is 7.82 Å². The maximum Gasteiger partial charge on any atom is 0.472 e. The van der Waals surface area contributed by atoms with E-state index in [0.717, 1.165) is 89.9 Å². The first-order valence-corrected chi connectivity index (χ1v) is 22.9. The number of ether oxygens (including phenoxy) is 2. The minimum atomic E-state index is -4.65. The molecule has 56 heavy (non-hydrogen) atoms. The molecule has 0 radical (unpaired) electrons. The van der Waals surface area contributed by atoms with E-state index in [-0.39, 0.29) is 12.8 Å². The lowest BCUT2D eigenvalue weighted by atomic mass is 10.1. The Kier molecular flexibility index (Phi) is 38.7. The molecule has 0 amide bonds. The zero-order chi connectivity index (χ0) is 41.2. The number of unbranched alkanes of at least 4 members (excludes halogenated alkanes) is 13. The van der Waals surface area contributed by atoms with Crippen LogP contribution in [0.4, 0.5) is 0 Å². The van der Waals surface area contributed by atoms with Crippen LogP contribution in [0.3, 0.4) is 0 Å². The summed E-state index contributed by atoms with van der Waals surface area (Å²) in [6.07, 6.45) is 45.9. The van der Waals surface area contributed by atoms with Crippen molar-refractivity contribution in [3.63, 3.8) is 0 Å². The third-order valence-corrected chi connectivity index (χ3v) is 9.60. The molecule has 0 saturated carbocycles. The number of hydrogen-bond donors (Lipinski definition) is 3. The first-order chi connectivity index (χ1) is 27.3. The molecule has 0 aromatic carbocycles. The molecular weight excluding hydrogens is 731 g/mol. The maximum absolute atomic E-state index is 12.4. The summed E-state index contributed by atoms with van der Waals surface area (Å²) >= 11 is 0. The molecule has 0 aliphatic rings. The molecule has 0 aliphatic carbocycles. The summed E-state index contributed by atoms with van der Waals surface area (Å²) in [5.74, 6) is -1.07. The van der Waals surface area contributed by atoms with Crippen LogP contribution in [0.2, 0.25) is 0 Å². The molecular formula is C45H77O10P. The molecule has 322 valence electrons. The molecule has 0 spiro atoms. The van der Waals surface area contributed by atoms with Gasteiger partial charge in [0.25, 0.3) is 0 Å². The molecule has 10 nitrogen and oxygen atoms in total. The summed E-state index contributed by atoms with van der Waals surface area (Å²) in [5.41, 5.74) is 0. The van der Waals surface area contributed by atoms with Crippen LogP contribution in [0, 0.1) is 0 Å². The van der Waals surface area contributed by atoms with E-state index in [9.17, 15) is 29.3 Å². The molecule has 0 saturated heterocycles. The van der Waals surface area contributed by atoms with Gasteiger partial charge in [0, 0.05) is 12.8 Å². The van der Waals surface area contributed by atoms with Crippen LogP contribution < -0.4 is 0 Å². The van der Waals surface area contributed by atoms with Crippen molar-refractivity contribution in [2.45, 2.75) is 174 Å². The highest BCUT2D eigenvalue weighted by Crippen LogP contribution is 2.43. The fourth-order valence-corrected chi connectivity index (χ4v) is 6.15. The second-order valence-electron chi connectivity index (χ2n) is 13.9. The minimum absolute atomic E-state index is 0.149. The molecule has 3 unspecified atom stereocenters. The van der Waals surface area contributed by atoms with Gasteiger partial charge in [-0.1, -0.05) is 138 Å². The van der Waals surface area contributed by atoms with Gasteiger partial charge in [-0.25, -0.2) is 4.57 Å². The summed E-state index contributed by atoms with van der Waals surface area (Å²) in [5, 5.41) is 19.1. The van der Waals surface area contributed by atoms with E-state index in [2.05, 4.69) is 86.8 Å². The monoisotopic (exact) mass is 809 g/mol. The van der Waals surface area contributed by atoms with Crippen molar-refractivity contribution >= 4 is 19.8 Å². The SMILES string of the molecule is CC/C=C\C/C=C\C/C=C\C/C=C\C/C=C\CCCCCC(=O)OC(CO)COP(=O)(O)OCC(CO)OC(=O)CCCCCCC/C=C\CCCCCCC. The Morgan fingerprint density at radius 2 is 0.839 bits per heavy atom. The van der Waals surface area contributed by atoms with Crippen molar-refractivity contribution in [2.24, 2.45) is 0 Å². The van der Waals surface area contributed by atoms with Gasteiger partial charge in [-0.3, -0.25) is 18.6 Å². The van der Waals surface area contributed by atoms with Gasteiger partial charge < -0.3 is 24.6 Å². The van der Waals surface area contributed by atoms with Crippen LogP contribution in [-0.4, -0.2) is 65.7 Å². The number of phosphoric acid groups is 1. The third-order valence-electron chi connectivity index (χ3n) is 8.65. The molecule has 11 heteroatoms. The number of phosphoric ester groups is 1. The number of esters is 2. The topological polar surface area (TPSA) is 149 Å². The number of carbonyl (C=O) groups is 2. The fraction of sp³-hybridized carbons (Fsp3) is 0.689. The number of hydrogen-bond acceptors (Lipinski definition) is 9. The van der Waals surface area contributed by atoms with Crippen molar-refractivity contribution in [2.75, 3.05) is 26.4 Å². The molecule has 0 aromatic rings. The normalized spacial score (nSPS) is 14.6. The average molecular weight is 809 g/mol. The molecule has 0 aromatic heterocycles. The number of aliphatic hydroxyl groups is 2. The van der Waals surface area contributed by atoms with Gasteiger partial charge in [0.15, 0.2) is 0 Å². The Hall–Kier alpha value is -2.59. The Bertz CT molecular complexity index is 1160. The Balaban J connectivity index is 4.01. The van der Waals surface area contributed by atoms with E-state index < -0.39 is 58.4 Å². The van der Waals surface area contributed by atoms with E-state index >= 15 is 0 Å². The van der Waals surface area contributed by atoms with Crippen LogP contribution in [0.25, 0.3) is 0 Å². The Morgan fingerprint density at radius 3 is 1.25 bits per heavy atom. The van der Waals surface area contributed by atoms with E-state index in [4.69, 9.17) is 18.5 Å². The second kappa shape index (κ2) is 40.6. The standard InChI is InChI=1S/C45H77O10P/c1-3-5-7-9-11-13-15-17-19-20-21-22-23-25-27-29-31-33-35-37-45(49)55-43(39-47)41-53-56(50,51)52-40-42(38-46)54-44(48)36-34-32-30-28-26-24-18-16-14-12-10-8-6-4-2/h5,7,11,13,16-19,21-22,25,27,42-43,46-47H,3-4,6,8-10,12,14-15,20,23-24,26,28-41H2,1-2H3,(H,50,51)/b7-5-,13-11-,18-16-,19-17-,22-21-,27-25-. The van der Waals surface area contributed by atoms with Crippen LogP contribution in [-0.2, 0) is 32.7 Å². The highest BCUT2D eigenvalue weighted by atomic mass is 31.2. The van der Waals surface area contributed by atoms with Gasteiger partial charge >= 0.3 is 19.8 Å². The second-order valence-corrected chi connectivity index (χ2v) is 15.4. The molecule has 0 aliphatic heterocycles. The van der Waals surface area contributed by atoms with Crippen LogP contribution in [0.5, 0.6) is 0 Å². The predicted molar refractivity (Wildman–Crippen MR) is 228 cm³/mol. The van der Waals surface area contributed by atoms with Crippen molar-refractivity contribution < 1.29 is 47.8 Å². The summed E-state index contributed by atoms with van der Waals surface area (Å²) in [6, 6.07) is 0. The summed E-state index contributed by atoms with van der Waals surface area (Å²) in [6.45, 7) is 2.02. The van der Waals surface area contributed by atoms with Gasteiger partial charge in [0.2, 0.25) is 0 Å². The van der Waals surface area contributed by atoms with E-state index in [1.165, 1.54) is 32.1 Å². The molecule has 0 bridgehead atoms. The van der Waals surface area contributed by atoms with Crippen LogP contribution in [0.1, 0.15) is 162 Å². The van der Waals surface area contributed by atoms with Gasteiger partial charge in [0.05, 0.1) is 26.4 Å². The lowest BCUT2D eigenvalue weighted by Crippen LogP contribution is -2.28. The van der Waals surface area contributed by atoms with Gasteiger partial charge in [-0.15, -0.1) is 0 Å². The highest BCUT2D eigenvalue weighted by molar-refractivity contribution is 7.47. The molecule has 0 rings (SSSR count). The van der Waals surface area contributed by atoms with Crippen molar-refractivity contribution in [3.05, 3.63) is 72.9 Å². The zero-order valence-electron chi connectivity index (χ0n) is 34.8. The minimum Gasteiger partial charge on any atom is -0.457 e. The first kappa shape index (κ1) is 53.4. The lowest BCUT2D eigenvalue weighted by Gasteiger charge is -2.20. The lowest BCUT2D eigenvalue weighted by molar-refractivity contribution is -0.153. The van der Waals surface area contributed by atoms with Gasteiger partial charge in [-0.2, -0.15) is 0 Å². The molecule has 3 N–H and O–H groups in total. The predicted octanol–water partition coefficient (Wildman–Crippen LogP) is 11.3. The summed E-state index contributed by atoms with van der Waals surface area (Å²) < 4.78 is 32.5. The number of aliphatic hydroxyl groups excluding tert-OH is 2. The first-order valence-electron chi connectivity index (χ1n) is 21.4. The van der Waals surface area contributed by atoms with Gasteiger partial charge in [0.1, 0.15) is 12.2 Å². The molecule has 3 atom stereocenters. The van der Waals surface area contributed by atoms with E-state index in [1.807, 2.05) is 0 Å². The van der Waals surface area contributed by atoms with Crippen molar-refractivity contribution in [1.29, 1.82) is 0 Å². The number of carbonyl (C=O) groups excluding carboxylic acids is 2. The Morgan fingerprint density at radius 1 is 0.500 bits per heavy atom. The van der Waals surface area contributed by atoms with E-state index in [0.29, 0.717) is 12.8 Å². The van der Waals surface area contributed by atoms with E-state index in [1.54, 1.807) is 0 Å². The summed E-state index contributed by atoms with van der Waals surface area (Å²) in [4.78, 5) is 34.5. The molecule has 0 heterocycles. The average Bonchev–Trinajstić information content (AvgIpc) is 3.19. The number of allylic oxidation sites excluding steroid dienone is 12. The summed E-state index contributed by atoms with van der Waals surface area (Å²) in [7, 11) is -4.65. The van der Waals surface area contributed by atoms with Gasteiger partial charge in [-0.05, 0) is 83.5 Å². The van der Waals surface area contributed by atoms with Crippen LogP contribution in [0.15, 0.2) is 72.9 Å². The highest BCUT2D eigenvalue weighted by Gasteiger charge is 2.27. The maximum atomic E-state index is 12.4. The number of rotatable bonds is 39. The zero-order valence-corrected chi connectivity index (χ0v) is 35.7. The molecule has 0 fully saturated rings. The Labute approximate surface area is 339 Å². The van der Waals surface area contributed by atoms with Crippen molar-refractivity contribution in [1.82, 2.24) is 0 Å². The van der Waals surface area contributed by atoms with Crippen molar-refractivity contribution in [3.8, 4) is 0 Å². The smallest absolute Gasteiger partial charge is 0.457 e. The largest absolute Gasteiger partial charge is 0.472 e. The third kappa shape index (κ3) is 38.3.